The van der Waals surface area contributed by atoms with Crippen LogP contribution in [0.5, 0.6) is 0 Å². The van der Waals surface area contributed by atoms with Crippen molar-refractivity contribution in [3.05, 3.63) is 70.5 Å². The van der Waals surface area contributed by atoms with Crippen LogP contribution >= 0.6 is 23.1 Å². The Hall–Kier alpha value is -3.70. The second-order valence-electron chi connectivity index (χ2n) is 6.36. The fourth-order valence-electron chi connectivity index (χ4n) is 2.99. The SMILES string of the molecule is O=C(CSc1nc2ccccc2c2nc(=O)c(-c3ccccc3)nn12)Nc1nncs1. The van der Waals surface area contributed by atoms with Gasteiger partial charge in [-0.1, -0.05) is 65.6 Å². The van der Waals surface area contributed by atoms with Crippen molar-refractivity contribution in [3.63, 3.8) is 0 Å². The molecule has 3 aromatic heterocycles. The number of fused-ring (bicyclic) bond motifs is 3. The van der Waals surface area contributed by atoms with E-state index < -0.39 is 5.56 Å². The molecule has 9 nitrogen and oxygen atoms in total. The fraction of sp³-hybridized carbons (Fsp3) is 0.0500. The first-order valence-corrected chi connectivity index (χ1v) is 11.0. The minimum atomic E-state index is -0.424. The average molecular weight is 448 g/mol. The van der Waals surface area contributed by atoms with Gasteiger partial charge in [0.1, 0.15) is 5.51 Å². The summed E-state index contributed by atoms with van der Waals surface area (Å²) in [4.78, 5) is 34.0. The molecule has 31 heavy (non-hydrogen) atoms. The molecule has 5 aromatic rings. The highest BCUT2D eigenvalue weighted by Crippen LogP contribution is 2.24. The second kappa shape index (κ2) is 8.20. The monoisotopic (exact) mass is 447 g/mol. The molecule has 0 spiro atoms. The van der Waals surface area contributed by atoms with Gasteiger partial charge in [0.2, 0.25) is 11.0 Å². The molecule has 0 aliphatic heterocycles. The van der Waals surface area contributed by atoms with Gasteiger partial charge in [0.25, 0.3) is 5.56 Å². The second-order valence-corrected chi connectivity index (χ2v) is 8.13. The molecule has 0 atom stereocenters. The largest absolute Gasteiger partial charge is 0.300 e. The van der Waals surface area contributed by atoms with Gasteiger partial charge in [0.15, 0.2) is 16.5 Å². The summed E-state index contributed by atoms with van der Waals surface area (Å²) in [5.41, 5.74) is 3.05. The smallest absolute Gasteiger partial charge is 0.300 e. The van der Waals surface area contributed by atoms with Gasteiger partial charge in [-0.3, -0.25) is 14.9 Å². The van der Waals surface area contributed by atoms with Gasteiger partial charge >= 0.3 is 0 Å². The first kappa shape index (κ1) is 19.3. The van der Waals surface area contributed by atoms with Crippen LogP contribution in [-0.2, 0) is 4.79 Å². The molecule has 1 N–H and O–H groups in total. The van der Waals surface area contributed by atoms with Crippen LogP contribution in [0.3, 0.4) is 0 Å². The van der Waals surface area contributed by atoms with Gasteiger partial charge in [-0.25, -0.2) is 4.98 Å². The Bertz CT molecular complexity index is 1450. The Kier molecular flexibility index (Phi) is 5.10. The van der Waals surface area contributed by atoms with Crippen LogP contribution in [0.4, 0.5) is 5.13 Å². The number of nitrogens with one attached hydrogen (secondary N) is 1. The number of carbonyl (C=O) groups is 1. The Morgan fingerprint density at radius 1 is 1.06 bits per heavy atom. The summed E-state index contributed by atoms with van der Waals surface area (Å²) in [6, 6.07) is 16.5. The van der Waals surface area contributed by atoms with Crippen LogP contribution < -0.4 is 10.9 Å². The van der Waals surface area contributed by atoms with Gasteiger partial charge in [-0.05, 0) is 12.1 Å². The molecule has 0 aliphatic carbocycles. The number of aromatic nitrogens is 6. The van der Waals surface area contributed by atoms with Crippen LogP contribution in [0.25, 0.3) is 27.8 Å². The number of thioether (sulfide) groups is 1. The topological polar surface area (TPSA) is 115 Å². The van der Waals surface area contributed by atoms with E-state index in [1.807, 2.05) is 42.5 Å². The number of anilines is 1. The average Bonchev–Trinajstić information content (AvgIpc) is 3.30. The first-order chi connectivity index (χ1) is 15.2. The predicted molar refractivity (Wildman–Crippen MR) is 119 cm³/mol. The Balaban J connectivity index is 1.59. The highest BCUT2D eigenvalue weighted by molar-refractivity contribution is 7.99. The summed E-state index contributed by atoms with van der Waals surface area (Å²) in [7, 11) is 0. The fourth-order valence-corrected chi connectivity index (χ4v) is 4.19. The molecule has 2 aromatic carbocycles. The maximum absolute atomic E-state index is 12.7. The van der Waals surface area contributed by atoms with Crippen molar-refractivity contribution in [2.24, 2.45) is 0 Å². The zero-order valence-electron chi connectivity index (χ0n) is 15.8. The standard InChI is InChI=1S/C20H13N7O2S2/c28-15(23-19-25-21-11-31-19)10-30-20-22-14-9-5-4-8-13(14)17-24-18(29)16(26-27(17)20)12-6-2-1-3-7-12/h1-9,11H,10H2,(H,23,25,28). The number of hydrogen-bond donors (Lipinski definition) is 1. The van der Waals surface area contributed by atoms with Crippen molar-refractivity contribution in [3.8, 4) is 11.3 Å². The molecule has 11 heteroatoms. The van der Waals surface area contributed by atoms with E-state index in [0.717, 1.165) is 0 Å². The minimum absolute atomic E-state index is 0.0779. The van der Waals surface area contributed by atoms with E-state index in [0.29, 0.717) is 32.4 Å². The molecule has 0 aliphatic rings. The van der Waals surface area contributed by atoms with Gasteiger partial charge in [-0.15, -0.1) is 10.2 Å². The lowest BCUT2D eigenvalue weighted by molar-refractivity contribution is -0.113. The number of hydrogen-bond acceptors (Lipinski definition) is 9. The lowest BCUT2D eigenvalue weighted by atomic mass is 10.2. The third kappa shape index (κ3) is 3.88. The highest BCUT2D eigenvalue weighted by atomic mass is 32.2. The van der Waals surface area contributed by atoms with Crippen LogP contribution in [0.2, 0.25) is 0 Å². The van der Waals surface area contributed by atoms with E-state index in [1.165, 1.54) is 33.1 Å². The van der Waals surface area contributed by atoms with Gasteiger partial charge < -0.3 is 0 Å². The van der Waals surface area contributed by atoms with E-state index >= 15 is 0 Å². The van der Waals surface area contributed by atoms with Gasteiger partial charge in [0, 0.05) is 10.9 Å². The summed E-state index contributed by atoms with van der Waals surface area (Å²) >= 11 is 2.43. The predicted octanol–water partition coefficient (Wildman–Crippen LogP) is 2.89. The first-order valence-electron chi connectivity index (χ1n) is 9.13. The molecule has 5 rings (SSSR count). The number of nitrogens with zero attached hydrogens (tertiary/aromatic N) is 6. The third-order valence-corrected chi connectivity index (χ3v) is 5.87. The van der Waals surface area contributed by atoms with Crippen LogP contribution in [0, 0.1) is 0 Å². The molecule has 0 unspecified atom stereocenters. The summed E-state index contributed by atoms with van der Waals surface area (Å²) in [5, 5.41) is 16.3. The Morgan fingerprint density at radius 3 is 2.68 bits per heavy atom. The van der Waals surface area contributed by atoms with Crippen LogP contribution in [-0.4, -0.2) is 41.4 Å². The molecule has 0 bridgehead atoms. The van der Waals surface area contributed by atoms with Crippen molar-refractivity contribution in [1.82, 2.24) is 29.8 Å². The normalized spacial score (nSPS) is 11.1. The highest BCUT2D eigenvalue weighted by Gasteiger charge is 2.16. The summed E-state index contributed by atoms with van der Waals surface area (Å²) in [6.45, 7) is 0. The van der Waals surface area contributed by atoms with E-state index in [2.05, 4.69) is 30.6 Å². The lowest BCUT2D eigenvalue weighted by Crippen LogP contribution is -2.19. The molecule has 1 amide bonds. The molecule has 0 radical (unpaired) electrons. The molecule has 0 saturated carbocycles. The van der Waals surface area contributed by atoms with Gasteiger partial charge in [0.05, 0.1) is 11.3 Å². The quantitative estimate of drug-likeness (QED) is 0.248. The number of carbonyl (C=O) groups excluding carboxylic acids is 1. The molecule has 3 heterocycles. The Morgan fingerprint density at radius 2 is 1.87 bits per heavy atom. The van der Waals surface area contributed by atoms with Crippen molar-refractivity contribution in [2.75, 3.05) is 11.1 Å². The maximum atomic E-state index is 12.7. The number of amides is 1. The van der Waals surface area contributed by atoms with E-state index in [4.69, 9.17) is 0 Å². The molecular weight excluding hydrogens is 434 g/mol. The van der Waals surface area contributed by atoms with Gasteiger partial charge in [-0.2, -0.15) is 14.6 Å². The molecule has 152 valence electrons. The minimum Gasteiger partial charge on any atom is -0.300 e. The van der Waals surface area contributed by atoms with Crippen molar-refractivity contribution >= 4 is 50.7 Å². The van der Waals surface area contributed by atoms with Crippen LogP contribution in [0.15, 0.2) is 70.1 Å². The van der Waals surface area contributed by atoms with E-state index in [-0.39, 0.29) is 17.4 Å². The van der Waals surface area contributed by atoms with Crippen molar-refractivity contribution in [1.29, 1.82) is 0 Å². The zero-order valence-corrected chi connectivity index (χ0v) is 17.4. The van der Waals surface area contributed by atoms with Crippen molar-refractivity contribution < 1.29 is 4.79 Å². The summed E-state index contributed by atoms with van der Waals surface area (Å²) in [5.74, 6) is -0.170. The lowest BCUT2D eigenvalue weighted by Gasteiger charge is -2.10. The molecule has 0 saturated heterocycles. The molecular formula is C20H13N7O2S2. The number of para-hydroxylation sites is 1. The Labute approximate surface area is 183 Å². The van der Waals surface area contributed by atoms with E-state index in [1.54, 1.807) is 12.1 Å². The third-order valence-electron chi connectivity index (χ3n) is 4.34. The summed E-state index contributed by atoms with van der Waals surface area (Å²) < 4.78 is 1.52. The van der Waals surface area contributed by atoms with E-state index in [9.17, 15) is 9.59 Å². The number of benzene rings is 2. The summed E-state index contributed by atoms with van der Waals surface area (Å²) in [6.07, 6.45) is 0. The van der Waals surface area contributed by atoms with Crippen molar-refractivity contribution in [2.45, 2.75) is 5.16 Å². The maximum Gasteiger partial charge on any atom is 0.300 e. The number of rotatable bonds is 5. The zero-order chi connectivity index (χ0) is 21.2. The van der Waals surface area contributed by atoms with Crippen LogP contribution in [0.1, 0.15) is 0 Å². The molecule has 0 fully saturated rings.